The summed E-state index contributed by atoms with van der Waals surface area (Å²) in [7, 11) is 1.60. The number of hydrogen-bond acceptors (Lipinski definition) is 3. The molecule has 0 unspecified atom stereocenters. The van der Waals surface area contributed by atoms with E-state index in [1.54, 1.807) is 32.2 Å². The highest BCUT2D eigenvalue weighted by Gasteiger charge is 2.11. The van der Waals surface area contributed by atoms with Crippen LogP contribution in [-0.2, 0) is 6.61 Å². The summed E-state index contributed by atoms with van der Waals surface area (Å²) < 4.78 is 12.0. The quantitative estimate of drug-likeness (QED) is 0.825. The Labute approximate surface area is 137 Å². The van der Waals surface area contributed by atoms with Gasteiger partial charge in [0.05, 0.1) is 13.2 Å². The molecule has 3 nitrogen and oxygen atoms in total. The molecule has 2 rings (SSSR count). The van der Waals surface area contributed by atoms with E-state index >= 15 is 0 Å². The lowest BCUT2D eigenvalue weighted by Crippen LogP contribution is -2.02. The molecule has 0 radical (unpaired) electrons. The van der Waals surface area contributed by atoms with Crippen LogP contribution in [0.25, 0.3) is 0 Å². The minimum Gasteiger partial charge on any atom is -0.496 e. The largest absolute Gasteiger partial charge is 0.496 e. The first-order valence-corrected chi connectivity index (χ1v) is 7.61. The molecule has 0 bridgehead atoms. The zero-order valence-electron chi connectivity index (χ0n) is 11.8. The minimum absolute atomic E-state index is 0.305. The fraction of sp³-hybridized carbons (Fsp3) is 0.250. The van der Waals surface area contributed by atoms with Crippen molar-refractivity contribution in [3.05, 3.63) is 57.0 Å². The third kappa shape index (κ3) is 4.13. The van der Waals surface area contributed by atoms with Crippen LogP contribution in [0.1, 0.15) is 24.2 Å². The van der Waals surface area contributed by atoms with Crippen molar-refractivity contribution < 1.29 is 14.6 Å². The van der Waals surface area contributed by atoms with Crippen molar-refractivity contribution in [2.75, 3.05) is 7.11 Å². The summed E-state index contributed by atoms with van der Waals surface area (Å²) >= 11 is 9.41. The Morgan fingerprint density at radius 1 is 1.19 bits per heavy atom. The fourth-order valence-electron chi connectivity index (χ4n) is 1.99. The predicted molar refractivity (Wildman–Crippen MR) is 87.1 cm³/mol. The van der Waals surface area contributed by atoms with Gasteiger partial charge in [-0.1, -0.05) is 33.6 Å². The van der Waals surface area contributed by atoms with Gasteiger partial charge in [-0.25, -0.2) is 0 Å². The summed E-state index contributed by atoms with van der Waals surface area (Å²) in [6.07, 6.45) is -0.602. The molecule has 0 aliphatic rings. The van der Waals surface area contributed by atoms with Crippen LogP contribution in [-0.4, -0.2) is 12.2 Å². The standard InChI is InChI=1S/C16H16BrClO3/c1-10(19)14-5-3-12(17)8-16(14)21-9-11-7-13(18)4-6-15(11)20-2/h3-8,10,19H,9H2,1-2H3/t10-/m1/s1. The topological polar surface area (TPSA) is 38.7 Å². The fourth-order valence-corrected chi connectivity index (χ4v) is 2.53. The molecule has 21 heavy (non-hydrogen) atoms. The van der Waals surface area contributed by atoms with E-state index in [0.29, 0.717) is 23.1 Å². The number of ether oxygens (including phenoxy) is 2. The maximum atomic E-state index is 9.80. The zero-order chi connectivity index (χ0) is 15.4. The summed E-state index contributed by atoms with van der Waals surface area (Å²) in [4.78, 5) is 0. The van der Waals surface area contributed by atoms with Crippen LogP contribution >= 0.6 is 27.5 Å². The van der Waals surface area contributed by atoms with E-state index < -0.39 is 6.10 Å². The van der Waals surface area contributed by atoms with Gasteiger partial charge in [0, 0.05) is 20.6 Å². The van der Waals surface area contributed by atoms with Crippen molar-refractivity contribution >= 4 is 27.5 Å². The summed E-state index contributed by atoms with van der Waals surface area (Å²) in [5.41, 5.74) is 1.58. The average Bonchev–Trinajstić information content (AvgIpc) is 2.45. The molecule has 0 saturated carbocycles. The van der Waals surface area contributed by atoms with Crippen LogP contribution in [0.4, 0.5) is 0 Å². The molecule has 0 aromatic heterocycles. The normalized spacial score (nSPS) is 12.0. The van der Waals surface area contributed by atoms with Gasteiger partial charge in [-0.05, 0) is 37.3 Å². The molecular formula is C16H16BrClO3. The third-order valence-electron chi connectivity index (χ3n) is 3.05. The van der Waals surface area contributed by atoms with Crippen molar-refractivity contribution in [2.24, 2.45) is 0 Å². The third-order valence-corrected chi connectivity index (χ3v) is 3.78. The molecule has 0 saturated heterocycles. The highest BCUT2D eigenvalue weighted by atomic mass is 79.9. The SMILES string of the molecule is COc1ccc(Cl)cc1COc1cc(Br)ccc1[C@@H](C)O. The lowest BCUT2D eigenvalue weighted by Gasteiger charge is -2.15. The Kier molecular flexibility index (Phi) is 5.51. The molecule has 2 aromatic rings. The second-order valence-electron chi connectivity index (χ2n) is 4.60. The summed E-state index contributed by atoms with van der Waals surface area (Å²) in [5, 5.41) is 10.4. The summed E-state index contributed by atoms with van der Waals surface area (Å²) in [6.45, 7) is 2.01. The molecule has 0 fully saturated rings. The second-order valence-corrected chi connectivity index (χ2v) is 5.96. The van der Waals surface area contributed by atoms with Gasteiger partial charge in [-0.3, -0.25) is 0 Å². The number of aliphatic hydroxyl groups excluding tert-OH is 1. The number of aliphatic hydroxyl groups is 1. The number of benzene rings is 2. The van der Waals surface area contributed by atoms with E-state index in [9.17, 15) is 5.11 Å². The predicted octanol–water partition coefficient (Wildman–Crippen LogP) is 4.74. The van der Waals surface area contributed by atoms with Crippen LogP contribution in [0, 0.1) is 0 Å². The van der Waals surface area contributed by atoms with Gasteiger partial charge in [0.1, 0.15) is 18.1 Å². The number of rotatable bonds is 5. The highest BCUT2D eigenvalue weighted by Crippen LogP contribution is 2.30. The number of hydrogen-bond donors (Lipinski definition) is 1. The molecule has 2 aromatic carbocycles. The maximum absolute atomic E-state index is 9.80. The molecule has 0 aliphatic carbocycles. The van der Waals surface area contributed by atoms with Gasteiger partial charge in [-0.15, -0.1) is 0 Å². The van der Waals surface area contributed by atoms with Gasteiger partial charge in [0.15, 0.2) is 0 Å². The molecule has 0 heterocycles. The number of halogens is 2. The van der Waals surface area contributed by atoms with Crippen molar-refractivity contribution in [1.29, 1.82) is 0 Å². The van der Waals surface area contributed by atoms with E-state index in [1.165, 1.54) is 0 Å². The maximum Gasteiger partial charge on any atom is 0.126 e. The monoisotopic (exact) mass is 370 g/mol. The van der Waals surface area contributed by atoms with Crippen LogP contribution < -0.4 is 9.47 Å². The Morgan fingerprint density at radius 2 is 1.95 bits per heavy atom. The van der Waals surface area contributed by atoms with E-state index in [4.69, 9.17) is 21.1 Å². The first-order valence-electron chi connectivity index (χ1n) is 6.44. The van der Waals surface area contributed by atoms with Crippen LogP contribution in [0.15, 0.2) is 40.9 Å². The Morgan fingerprint density at radius 3 is 2.62 bits per heavy atom. The summed E-state index contributed by atoms with van der Waals surface area (Å²) in [6, 6.07) is 10.9. The van der Waals surface area contributed by atoms with Crippen molar-refractivity contribution in [2.45, 2.75) is 19.6 Å². The highest BCUT2D eigenvalue weighted by molar-refractivity contribution is 9.10. The van der Waals surface area contributed by atoms with Crippen LogP contribution in [0.3, 0.4) is 0 Å². The lowest BCUT2D eigenvalue weighted by atomic mass is 10.1. The lowest BCUT2D eigenvalue weighted by molar-refractivity contribution is 0.190. The molecule has 0 aliphatic heterocycles. The van der Waals surface area contributed by atoms with E-state index in [1.807, 2.05) is 18.2 Å². The molecular weight excluding hydrogens is 356 g/mol. The second kappa shape index (κ2) is 7.16. The minimum atomic E-state index is -0.602. The molecule has 5 heteroatoms. The Balaban J connectivity index is 2.24. The molecule has 0 spiro atoms. The molecule has 1 N–H and O–H groups in total. The van der Waals surface area contributed by atoms with Crippen molar-refractivity contribution in [3.8, 4) is 11.5 Å². The first kappa shape index (κ1) is 16.1. The van der Waals surface area contributed by atoms with E-state index in [-0.39, 0.29) is 0 Å². The van der Waals surface area contributed by atoms with Gasteiger partial charge in [0.25, 0.3) is 0 Å². The summed E-state index contributed by atoms with van der Waals surface area (Å²) in [5.74, 6) is 1.34. The Hall–Kier alpha value is -1.23. The Bertz CT molecular complexity index is 629. The molecule has 0 amide bonds. The van der Waals surface area contributed by atoms with Gasteiger partial charge in [-0.2, -0.15) is 0 Å². The van der Waals surface area contributed by atoms with Gasteiger partial charge >= 0.3 is 0 Å². The van der Waals surface area contributed by atoms with Crippen molar-refractivity contribution in [1.82, 2.24) is 0 Å². The first-order chi connectivity index (χ1) is 10.0. The smallest absolute Gasteiger partial charge is 0.126 e. The molecule has 1 atom stereocenters. The van der Waals surface area contributed by atoms with Gasteiger partial charge in [0.2, 0.25) is 0 Å². The van der Waals surface area contributed by atoms with E-state index in [0.717, 1.165) is 15.6 Å². The van der Waals surface area contributed by atoms with E-state index in [2.05, 4.69) is 15.9 Å². The van der Waals surface area contributed by atoms with Gasteiger partial charge < -0.3 is 14.6 Å². The zero-order valence-corrected chi connectivity index (χ0v) is 14.1. The average molecular weight is 372 g/mol. The number of methoxy groups -OCH3 is 1. The van der Waals surface area contributed by atoms with Crippen molar-refractivity contribution in [3.63, 3.8) is 0 Å². The van der Waals surface area contributed by atoms with Crippen LogP contribution in [0.5, 0.6) is 11.5 Å². The molecule has 112 valence electrons. The van der Waals surface area contributed by atoms with Crippen LogP contribution in [0.2, 0.25) is 5.02 Å².